The number of nitrogens with zero attached hydrogens (tertiary/aromatic N) is 3. The Labute approximate surface area is 125 Å². The number of hydrogen-bond acceptors (Lipinski definition) is 3. The summed E-state index contributed by atoms with van der Waals surface area (Å²) in [6.45, 7) is 0. The second-order valence-corrected chi connectivity index (χ2v) is 9.38. The van der Waals surface area contributed by atoms with Gasteiger partial charge in [0.1, 0.15) is 0 Å². The van der Waals surface area contributed by atoms with Crippen LogP contribution in [-0.2, 0) is 0 Å². The first-order valence-corrected chi connectivity index (χ1v) is 10.2. The fraction of sp³-hybridized carbons (Fsp3) is 0. The molecule has 0 N–H and O–H groups in total. The van der Waals surface area contributed by atoms with Crippen LogP contribution in [0.5, 0.6) is 0 Å². The van der Waals surface area contributed by atoms with E-state index in [2.05, 4.69) is 30.8 Å². The highest BCUT2D eigenvalue weighted by atomic mass is 31.3. The molecular weight excluding hydrogens is 355 g/mol. The summed E-state index contributed by atoms with van der Waals surface area (Å²) >= 11 is 0. The fourth-order valence-electron chi connectivity index (χ4n) is 1.39. The Kier molecular flexibility index (Phi) is 4.70. The van der Waals surface area contributed by atoms with Crippen LogP contribution in [0.2, 0.25) is 0 Å². The first-order chi connectivity index (χ1) is 10.3. The molecule has 0 aliphatic carbocycles. The van der Waals surface area contributed by atoms with Crippen molar-refractivity contribution in [2.45, 2.75) is 0 Å². The molecule has 1 aliphatic rings. The molecule has 0 saturated heterocycles. The molecule has 1 aromatic carbocycles. The van der Waals surface area contributed by atoms with Crippen LogP contribution in [0.3, 0.4) is 0 Å². The molecule has 3 nitrogen and oxygen atoms in total. The van der Waals surface area contributed by atoms with Gasteiger partial charge in [-0.3, -0.25) is 0 Å². The number of halogens is 4. The van der Waals surface area contributed by atoms with Crippen LogP contribution in [0.25, 0.3) is 0 Å². The van der Waals surface area contributed by atoms with E-state index in [4.69, 9.17) is 6.42 Å². The van der Waals surface area contributed by atoms with Crippen molar-refractivity contribution >= 4 is 22.9 Å². The van der Waals surface area contributed by atoms with E-state index >= 15 is 0 Å². The van der Waals surface area contributed by atoms with E-state index in [0.717, 1.165) is 0 Å². The summed E-state index contributed by atoms with van der Waals surface area (Å²) in [6.07, 6.45) is 4.93. The van der Waals surface area contributed by atoms with E-state index in [1.165, 1.54) is 0 Å². The van der Waals surface area contributed by atoms with Crippen molar-refractivity contribution in [3.05, 3.63) is 35.9 Å². The molecule has 0 fully saturated rings. The number of benzene rings is 1. The summed E-state index contributed by atoms with van der Waals surface area (Å²) in [5.41, 5.74) is 4.86. The van der Waals surface area contributed by atoms with Crippen molar-refractivity contribution in [2.24, 2.45) is 13.5 Å². The molecule has 1 aromatic rings. The maximum absolute atomic E-state index is 13.5. The van der Waals surface area contributed by atoms with E-state index in [1.54, 1.807) is 30.3 Å². The lowest BCUT2D eigenvalue weighted by Gasteiger charge is -2.14. The molecular formula is C12H6F4N3P3. The zero-order valence-electron chi connectivity index (χ0n) is 10.7. The van der Waals surface area contributed by atoms with Crippen molar-refractivity contribution < 1.29 is 16.8 Å². The number of terminal acetylenes is 1. The zero-order chi connectivity index (χ0) is 16.3. The Morgan fingerprint density at radius 2 is 1.50 bits per heavy atom. The summed E-state index contributed by atoms with van der Waals surface area (Å²) in [6, 6.07) is 8.23. The third-order valence-corrected chi connectivity index (χ3v) is 8.47. The quantitative estimate of drug-likeness (QED) is 0.288. The number of rotatable bonds is 0. The molecule has 0 spiro atoms. The Morgan fingerprint density at radius 3 is 2.09 bits per heavy atom. The summed E-state index contributed by atoms with van der Waals surface area (Å²) in [4.78, 5) is 0. The highest BCUT2D eigenvalue weighted by molar-refractivity contribution is 7.86. The molecule has 0 amide bonds. The van der Waals surface area contributed by atoms with Crippen LogP contribution in [0.15, 0.2) is 43.9 Å². The van der Waals surface area contributed by atoms with E-state index in [0.29, 0.717) is 5.56 Å². The van der Waals surface area contributed by atoms with E-state index in [1.807, 2.05) is 11.8 Å². The molecule has 22 heavy (non-hydrogen) atoms. The maximum Gasteiger partial charge on any atom is 0.422 e. The van der Waals surface area contributed by atoms with Crippen molar-refractivity contribution in [3.63, 3.8) is 0 Å². The van der Waals surface area contributed by atoms with Crippen LogP contribution in [0.4, 0.5) is 16.8 Å². The maximum atomic E-state index is 13.5. The molecule has 1 unspecified atom stereocenters. The Hall–Kier alpha value is -1.69. The molecule has 1 aliphatic heterocycles. The van der Waals surface area contributed by atoms with Crippen molar-refractivity contribution in [1.29, 1.82) is 0 Å². The van der Waals surface area contributed by atoms with Gasteiger partial charge < -0.3 is 0 Å². The fourth-order valence-corrected chi connectivity index (χ4v) is 7.59. The van der Waals surface area contributed by atoms with Gasteiger partial charge in [-0.2, -0.15) is 9.03 Å². The van der Waals surface area contributed by atoms with E-state index < -0.39 is 22.9 Å². The van der Waals surface area contributed by atoms with Gasteiger partial charge in [0.25, 0.3) is 0 Å². The highest BCUT2D eigenvalue weighted by Gasteiger charge is 2.37. The molecule has 0 aromatic heterocycles. The van der Waals surface area contributed by atoms with Gasteiger partial charge >= 0.3 is 15.7 Å². The van der Waals surface area contributed by atoms with Crippen LogP contribution >= 0.6 is 22.9 Å². The second-order valence-electron chi connectivity index (χ2n) is 3.76. The smallest absolute Gasteiger partial charge is 0.161 e. The molecule has 1 heterocycles. The third kappa shape index (κ3) is 4.40. The summed E-state index contributed by atoms with van der Waals surface area (Å²) in [5, 5.41) is 0. The molecule has 112 valence electrons. The summed E-state index contributed by atoms with van der Waals surface area (Å²) < 4.78 is 62.1. The minimum absolute atomic E-state index is 0.445. The molecule has 2 rings (SSSR count). The first-order valence-electron chi connectivity index (χ1n) is 5.52. The van der Waals surface area contributed by atoms with Gasteiger partial charge in [0.2, 0.25) is 7.21 Å². The van der Waals surface area contributed by atoms with Gasteiger partial charge in [0, 0.05) is 5.56 Å². The average molecular weight is 361 g/mol. The van der Waals surface area contributed by atoms with E-state index in [-0.39, 0.29) is 0 Å². The molecule has 1 atom stereocenters. The third-order valence-electron chi connectivity index (χ3n) is 2.10. The second kappa shape index (κ2) is 6.20. The van der Waals surface area contributed by atoms with Gasteiger partial charge in [-0.25, -0.2) is 0 Å². The highest BCUT2D eigenvalue weighted by Crippen LogP contribution is 2.80. The lowest BCUT2D eigenvalue weighted by Crippen LogP contribution is -1.77. The van der Waals surface area contributed by atoms with Crippen molar-refractivity contribution in [2.75, 3.05) is 0 Å². The van der Waals surface area contributed by atoms with Gasteiger partial charge in [0.05, 0.1) is 0 Å². The lowest BCUT2D eigenvalue weighted by atomic mass is 10.2. The standard InChI is InChI=1S/C12H6F4N3P3/c1-2-3-10-20(11-9-12-7-5-4-6-8-12)17-21(13,14)19-22(15,16)18-20/h1,4-8H. The van der Waals surface area contributed by atoms with Crippen LogP contribution in [0, 0.1) is 35.5 Å². The SMILES string of the molecule is C#CC#CP1(C#Cc2ccccc2)=NP(F)(F)=NP(F)(F)=N1. The Balaban J connectivity index is 2.71. The minimum Gasteiger partial charge on any atom is -0.161 e. The molecule has 0 saturated carbocycles. The predicted molar refractivity (Wildman–Crippen MR) is 82.4 cm³/mol. The molecule has 0 bridgehead atoms. The van der Waals surface area contributed by atoms with Crippen LogP contribution in [-0.4, -0.2) is 0 Å². The lowest BCUT2D eigenvalue weighted by molar-refractivity contribution is 0.701. The predicted octanol–water partition coefficient (Wildman–Crippen LogP) is 6.49. The average Bonchev–Trinajstić information content (AvgIpc) is 2.41. The molecule has 0 radical (unpaired) electrons. The number of hydrogen-bond donors (Lipinski definition) is 0. The monoisotopic (exact) mass is 361 g/mol. The van der Waals surface area contributed by atoms with Crippen LogP contribution < -0.4 is 0 Å². The minimum atomic E-state index is -5.51. The largest absolute Gasteiger partial charge is 0.422 e. The van der Waals surface area contributed by atoms with Gasteiger partial charge in [-0.05, 0) is 35.3 Å². The Morgan fingerprint density at radius 1 is 0.864 bits per heavy atom. The summed E-state index contributed by atoms with van der Waals surface area (Å²) in [5.74, 6) is 6.42. The first kappa shape index (κ1) is 16.7. The molecule has 10 heteroatoms. The summed E-state index contributed by atoms with van der Waals surface area (Å²) in [7, 11) is -14.9. The van der Waals surface area contributed by atoms with E-state index in [9.17, 15) is 16.8 Å². The van der Waals surface area contributed by atoms with Crippen molar-refractivity contribution in [3.8, 4) is 35.5 Å². The zero-order valence-corrected chi connectivity index (χ0v) is 13.3. The van der Waals surface area contributed by atoms with Crippen LogP contribution in [0.1, 0.15) is 5.56 Å². The van der Waals surface area contributed by atoms with Gasteiger partial charge in [-0.15, -0.1) is 27.7 Å². The van der Waals surface area contributed by atoms with Crippen molar-refractivity contribution in [1.82, 2.24) is 0 Å². The van der Waals surface area contributed by atoms with Gasteiger partial charge in [0.15, 0.2) is 0 Å². The Bertz CT molecular complexity index is 920. The normalized spacial score (nSPS) is 23.8. The van der Waals surface area contributed by atoms with Gasteiger partial charge in [-0.1, -0.05) is 24.1 Å². The topological polar surface area (TPSA) is 37.1 Å².